The summed E-state index contributed by atoms with van der Waals surface area (Å²) in [6, 6.07) is 7.11. The number of hydrogen-bond donors (Lipinski definition) is 2. The number of nitrogens with zero attached hydrogens (tertiary/aromatic N) is 2. The van der Waals surface area contributed by atoms with Crippen molar-refractivity contribution in [2.45, 2.75) is 18.9 Å². The Balaban J connectivity index is 1.79. The maximum atomic E-state index is 14.3. The number of aliphatic imine (C=N–C) groups is 1. The molecule has 0 unspecified atom stereocenters. The summed E-state index contributed by atoms with van der Waals surface area (Å²) in [7, 11) is 0. The van der Waals surface area contributed by atoms with Crippen molar-refractivity contribution >= 4 is 29.4 Å². The van der Waals surface area contributed by atoms with Crippen LogP contribution in [0.15, 0.2) is 41.5 Å². The number of ether oxygens (including phenoxy) is 2. The quantitative estimate of drug-likeness (QED) is 0.852. The Bertz CT molecular complexity index is 877. The summed E-state index contributed by atoms with van der Waals surface area (Å²) in [5.74, 6) is -0.410. The number of benzene rings is 1. The van der Waals surface area contributed by atoms with Gasteiger partial charge in [0, 0.05) is 35.0 Å². The van der Waals surface area contributed by atoms with Gasteiger partial charge in [0.25, 0.3) is 6.02 Å². The lowest BCUT2D eigenvalue weighted by molar-refractivity contribution is 0.212. The molecule has 1 aromatic carbocycles. The second-order valence-corrected chi connectivity index (χ2v) is 6.28. The lowest BCUT2D eigenvalue weighted by atomic mass is 9.88. The molecule has 2 heterocycles. The van der Waals surface area contributed by atoms with Gasteiger partial charge in [0.2, 0.25) is 5.88 Å². The van der Waals surface area contributed by atoms with Crippen molar-refractivity contribution in [3.8, 4) is 5.88 Å². The number of anilines is 1. The highest BCUT2D eigenvalue weighted by molar-refractivity contribution is 6.30. The van der Waals surface area contributed by atoms with Crippen molar-refractivity contribution in [1.82, 2.24) is 4.98 Å². The van der Waals surface area contributed by atoms with E-state index in [1.807, 2.05) is 0 Å². The molecular formula is C17H16ClFN4O3. The molecule has 2 aromatic rings. The highest BCUT2D eigenvalue weighted by Crippen LogP contribution is 2.35. The Labute approximate surface area is 154 Å². The van der Waals surface area contributed by atoms with Gasteiger partial charge in [-0.3, -0.25) is 5.32 Å². The summed E-state index contributed by atoms with van der Waals surface area (Å²) in [4.78, 5) is 20.1. The third-order valence-corrected chi connectivity index (χ3v) is 4.12. The smallest absolute Gasteiger partial charge is 0.418 e. The molecule has 1 atom stereocenters. The third kappa shape index (κ3) is 4.02. The molecule has 0 bridgehead atoms. The number of aromatic nitrogens is 1. The van der Waals surface area contributed by atoms with E-state index in [9.17, 15) is 9.18 Å². The van der Waals surface area contributed by atoms with Crippen molar-refractivity contribution in [2.24, 2.45) is 10.7 Å². The summed E-state index contributed by atoms with van der Waals surface area (Å²) >= 11 is 5.81. The maximum Gasteiger partial charge on any atom is 0.418 e. The summed E-state index contributed by atoms with van der Waals surface area (Å²) in [6.07, 6.45) is 1.08. The zero-order chi connectivity index (χ0) is 18.7. The van der Waals surface area contributed by atoms with Crippen molar-refractivity contribution in [3.05, 3.63) is 52.9 Å². The van der Waals surface area contributed by atoms with Crippen LogP contribution in [0.5, 0.6) is 5.88 Å². The van der Waals surface area contributed by atoms with Crippen molar-refractivity contribution < 1.29 is 18.7 Å². The number of amides is 1. The fourth-order valence-corrected chi connectivity index (χ4v) is 2.73. The molecule has 1 aliphatic rings. The van der Waals surface area contributed by atoms with Gasteiger partial charge in [0.05, 0.1) is 12.1 Å². The minimum atomic E-state index is -0.886. The van der Waals surface area contributed by atoms with Crippen LogP contribution in [0.25, 0.3) is 0 Å². The molecule has 0 saturated carbocycles. The Hall–Kier alpha value is -2.87. The number of carbonyl (C=O) groups excluding carboxylic acids is 1. The van der Waals surface area contributed by atoms with Crippen LogP contribution in [0.1, 0.15) is 18.9 Å². The molecule has 0 spiro atoms. The van der Waals surface area contributed by atoms with Crippen molar-refractivity contribution in [1.29, 1.82) is 0 Å². The van der Waals surface area contributed by atoms with E-state index in [1.165, 1.54) is 30.5 Å². The van der Waals surface area contributed by atoms with Gasteiger partial charge in [-0.05, 0) is 31.2 Å². The lowest BCUT2D eigenvalue weighted by Crippen LogP contribution is -2.34. The number of hydrogen-bond acceptors (Lipinski definition) is 6. The van der Waals surface area contributed by atoms with E-state index < -0.39 is 17.4 Å². The predicted molar refractivity (Wildman–Crippen MR) is 94.8 cm³/mol. The lowest BCUT2D eigenvalue weighted by Gasteiger charge is -2.30. The first kappa shape index (κ1) is 17.9. The number of rotatable bonds is 3. The summed E-state index contributed by atoms with van der Waals surface area (Å²) in [6.45, 7) is 2.07. The standard InChI is InChI=1S/C17H16ClFN4O3/c1-17(5-7-25-15(20)23-17)12-9-11(2-3-13(12)19)22-16(24)26-14-8-10(18)4-6-21-14/h2-4,6,8-9H,5,7H2,1H3,(H2,20,23)(H,22,24)/t17-/m0/s1. The zero-order valence-electron chi connectivity index (χ0n) is 13.8. The van der Waals surface area contributed by atoms with Crippen LogP contribution in [0.3, 0.4) is 0 Å². The first-order chi connectivity index (χ1) is 12.4. The second kappa shape index (κ2) is 7.17. The van der Waals surface area contributed by atoms with E-state index in [1.54, 1.807) is 13.0 Å². The van der Waals surface area contributed by atoms with E-state index in [0.717, 1.165) is 0 Å². The highest BCUT2D eigenvalue weighted by atomic mass is 35.5. The van der Waals surface area contributed by atoms with Crippen LogP contribution < -0.4 is 15.8 Å². The fourth-order valence-electron chi connectivity index (χ4n) is 2.58. The Morgan fingerprint density at radius 1 is 1.42 bits per heavy atom. The summed E-state index contributed by atoms with van der Waals surface area (Å²) < 4.78 is 24.5. The van der Waals surface area contributed by atoms with Gasteiger partial charge >= 0.3 is 6.09 Å². The van der Waals surface area contributed by atoms with Crippen LogP contribution in [0.2, 0.25) is 5.02 Å². The Kier molecular flexibility index (Phi) is 4.94. The topological polar surface area (TPSA) is 98.8 Å². The SMILES string of the molecule is C[C@@]1(c2cc(NC(=O)Oc3cc(Cl)ccn3)ccc2F)CCOC(N)=N1. The third-order valence-electron chi connectivity index (χ3n) is 3.88. The van der Waals surface area contributed by atoms with Gasteiger partial charge in [0.15, 0.2) is 0 Å². The van der Waals surface area contributed by atoms with E-state index in [4.69, 9.17) is 26.8 Å². The first-order valence-corrected chi connectivity index (χ1v) is 8.12. The van der Waals surface area contributed by atoms with Crippen LogP contribution in [-0.4, -0.2) is 23.7 Å². The predicted octanol–water partition coefficient (Wildman–Crippen LogP) is 3.44. The Morgan fingerprint density at radius 3 is 2.96 bits per heavy atom. The minimum Gasteiger partial charge on any atom is -0.465 e. The number of nitrogens with two attached hydrogens (primary N) is 1. The van der Waals surface area contributed by atoms with E-state index in [0.29, 0.717) is 29.3 Å². The van der Waals surface area contributed by atoms with Gasteiger partial charge in [-0.25, -0.2) is 19.2 Å². The molecule has 1 aromatic heterocycles. The fraction of sp³-hybridized carbons (Fsp3) is 0.235. The summed E-state index contributed by atoms with van der Waals surface area (Å²) in [5.41, 5.74) is 5.36. The number of pyridine rings is 1. The van der Waals surface area contributed by atoms with Gasteiger partial charge in [0.1, 0.15) is 5.82 Å². The van der Waals surface area contributed by atoms with Crippen molar-refractivity contribution in [2.75, 3.05) is 11.9 Å². The molecule has 3 rings (SSSR count). The van der Waals surface area contributed by atoms with E-state index in [2.05, 4.69) is 15.3 Å². The normalized spacial score (nSPS) is 19.3. The molecule has 0 radical (unpaired) electrons. The Morgan fingerprint density at radius 2 is 2.23 bits per heavy atom. The second-order valence-electron chi connectivity index (χ2n) is 5.84. The van der Waals surface area contributed by atoms with E-state index in [-0.39, 0.29) is 11.9 Å². The van der Waals surface area contributed by atoms with Crippen molar-refractivity contribution in [3.63, 3.8) is 0 Å². The van der Waals surface area contributed by atoms with Gasteiger partial charge < -0.3 is 15.2 Å². The van der Waals surface area contributed by atoms with Gasteiger partial charge in [-0.2, -0.15) is 0 Å². The molecule has 3 N–H and O–H groups in total. The first-order valence-electron chi connectivity index (χ1n) is 7.74. The highest BCUT2D eigenvalue weighted by Gasteiger charge is 2.33. The molecule has 0 aliphatic carbocycles. The molecule has 0 fully saturated rings. The van der Waals surface area contributed by atoms with Crippen LogP contribution in [-0.2, 0) is 10.3 Å². The van der Waals surface area contributed by atoms with Crippen LogP contribution in [0, 0.1) is 5.82 Å². The van der Waals surface area contributed by atoms with Gasteiger partial charge in [-0.1, -0.05) is 11.6 Å². The molecule has 7 nitrogen and oxygen atoms in total. The number of halogens is 2. The average Bonchev–Trinajstić information content (AvgIpc) is 2.56. The zero-order valence-corrected chi connectivity index (χ0v) is 14.6. The minimum absolute atomic E-state index is 0.00273. The van der Waals surface area contributed by atoms with Crippen LogP contribution in [0.4, 0.5) is 14.9 Å². The van der Waals surface area contributed by atoms with E-state index >= 15 is 0 Å². The molecule has 26 heavy (non-hydrogen) atoms. The average molecular weight is 379 g/mol. The summed E-state index contributed by atoms with van der Waals surface area (Å²) in [5, 5.41) is 2.91. The molecule has 0 saturated heterocycles. The maximum absolute atomic E-state index is 14.3. The van der Waals surface area contributed by atoms with Crippen LogP contribution >= 0.6 is 11.6 Å². The number of nitrogens with one attached hydrogen (secondary N) is 1. The number of amidine groups is 1. The monoisotopic (exact) mass is 378 g/mol. The number of carbonyl (C=O) groups is 1. The molecule has 9 heteroatoms. The molecular weight excluding hydrogens is 363 g/mol. The molecule has 1 aliphatic heterocycles. The molecule has 136 valence electrons. The largest absolute Gasteiger partial charge is 0.465 e. The molecule has 1 amide bonds. The van der Waals surface area contributed by atoms with Gasteiger partial charge in [-0.15, -0.1) is 0 Å².